The van der Waals surface area contributed by atoms with E-state index in [9.17, 15) is 9.59 Å². The molecule has 0 aliphatic carbocycles. The summed E-state index contributed by atoms with van der Waals surface area (Å²) in [7, 11) is 0. The Hall–Kier alpha value is -3.55. The molecule has 3 aliphatic heterocycles. The second-order valence-corrected chi connectivity index (χ2v) is 12.6. The van der Waals surface area contributed by atoms with Crippen LogP contribution in [0.15, 0.2) is 64.3 Å². The van der Waals surface area contributed by atoms with E-state index in [1.165, 1.54) is 22.3 Å². The molecule has 2 amide bonds. The van der Waals surface area contributed by atoms with E-state index < -0.39 is 0 Å². The highest BCUT2D eigenvalue weighted by molar-refractivity contribution is 6.11. The lowest BCUT2D eigenvalue weighted by molar-refractivity contribution is -0.113. The monoisotopic (exact) mass is 581 g/mol. The van der Waals surface area contributed by atoms with Gasteiger partial charge in [0.2, 0.25) is 0 Å². The van der Waals surface area contributed by atoms with Crippen molar-refractivity contribution in [3.8, 4) is 0 Å². The predicted octanol–water partition coefficient (Wildman–Crippen LogP) is 5.95. The summed E-state index contributed by atoms with van der Waals surface area (Å²) in [6.45, 7) is 15.1. The van der Waals surface area contributed by atoms with Gasteiger partial charge < -0.3 is 20.4 Å². The fraction of sp³-hybridized carbons (Fsp3) is 0.472. The Bertz CT molecular complexity index is 1450. The first-order valence-corrected chi connectivity index (χ1v) is 16.0. The fourth-order valence-electron chi connectivity index (χ4n) is 6.39. The van der Waals surface area contributed by atoms with Crippen molar-refractivity contribution in [3.05, 3.63) is 81.6 Å². The predicted molar refractivity (Wildman–Crippen MR) is 177 cm³/mol. The molecule has 0 saturated carbocycles. The molecule has 3 heterocycles. The molecule has 228 valence electrons. The number of carbonyl (C=O) groups excluding carboxylic acids is 2. The van der Waals surface area contributed by atoms with Crippen LogP contribution in [0.4, 0.5) is 11.4 Å². The molecule has 0 saturated heterocycles. The Morgan fingerprint density at radius 3 is 1.72 bits per heavy atom. The molecular formula is C36H47N5O2. The van der Waals surface area contributed by atoms with Crippen molar-refractivity contribution in [3.63, 3.8) is 0 Å². The van der Waals surface area contributed by atoms with Gasteiger partial charge >= 0.3 is 0 Å². The Kier molecular flexibility index (Phi) is 9.93. The summed E-state index contributed by atoms with van der Waals surface area (Å²) < 4.78 is 0. The van der Waals surface area contributed by atoms with Crippen molar-refractivity contribution >= 4 is 29.4 Å². The van der Waals surface area contributed by atoms with Crippen LogP contribution in [0.25, 0.3) is 0 Å². The Balaban J connectivity index is 1.30. The lowest BCUT2D eigenvalue weighted by atomic mass is 10.0. The number of nitrogens with zero attached hydrogens (tertiary/aromatic N) is 3. The summed E-state index contributed by atoms with van der Waals surface area (Å²) in [5, 5.41) is 6.17. The molecule has 0 aromatic heterocycles. The zero-order valence-corrected chi connectivity index (χ0v) is 26.5. The minimum absolute atomic E-state index is 0.204. The molecule has 3 aliphatic rings. The summed E-state index contributed by atoms with van der Waals surface area (Å²) in [4.78, 5) is 36.5. The van der Waals surface area contributed by atoms with E-state index in [2.05, 4.69) is 77.4 Å². The summed E-state index contributed by atoms with van der Waals surface area (Å²) in [5.74, 6) is -0.513. The molecule has 0 atom stereocenters. The summed E-state index contributed by atoms with van der Waals surface area (Å²) in [6.07, 6.45) is 8.60. The number of nitrogens with one attached hydrogen (secondary N) is 2. The number of benzene rings is 2. The number of allylic oxidation sites excluding steroid dienone is 1. The van der Waals surface area contributed by atoms with Crippen molar-refractivity contribution in [2.24, 2.45) is 4.99 Å². The lowest BCUT2D eigenvalue weighted by Crippen LogP contribution is -2.32. The van der Waals surface area contributed by atoms with E-state index in [0.29, 0.717) is 30.5 Å². The third kappa shape index (κ3) is 7.51. The number of hydrogen-bond acceptors (Lipinski definition) is 5. The molecule has 2 N–H and O–H groups in total. The average molecular weight is 582 g/mol. The van der Waals surface area contributed by atoms with Crippen LogP contribution in [-0.2, 0) is 35.3 Å². The zero-order chi connectivity index (χ0) is 30.5. The number of amides is 2. The maximum atomic E-state index is 13.6. The van der Waals surface area contributed by atoms with Crippen molar-refractivity contribution in [2.75, 3.05) is 36.8 Å². The average Bonchev–Trinajstić information content (AvgIpc) is 3.43. The smallest absolute Gasteiger partial charge is 0.274 e. The van der Waals surface area contributed by atoms with Crippen LogP contribution in [0.1, 0.15) is 69.7 Å². The normalized spacial score (nSPS) is 18.0. The molecule has 7 nitrogen and oxygen atoms in total. The van der Waals surface area contributed by atoms with Gasteiger partial charge in [0.05, 0.1) is 0 Å². The summed E-state index contributed by atoms with van der Waals surface area (Å²) in [5.41, 5.74) is 8.54. The van der Waals surface area contributed by atoms with Gasteiger partial charge in [-0.2, -0.15) is 0 Å². The maximum absolute atomic E-state index is 13.6. The van der Waals surface area contributed by atoms with Crippen LogP contribution < -0.4 is 10.6 Å². The van der Waals surface area contributed by atoms with Crippen LogP contribution in [0.3, 0.4) is 0 Å². The van der Waals surface area contributed by atoms with Crippen LogP contribution in [0.2, 0.25) is 0 Å². The molecule has 0 radical (unpaired) electrons. The van der Waals surface area contributed by atoms with Crippen molar-refractivity contribution in [1.29, 1.82) is 0 Å². The molecule has 0 unspecified atom stereocenters. The second-order valence-electron chi connectivity index (χ2n) is 12.6. The highest BCUT2D eigenvalue weighted by atomic mass is 16.2. The number of rotatable bonds is 7. The first-order chi connectivity index (χ1) is 20.7. The van der Waals surface area contributed by atoms with Crippen LogP contribution in [-0.4, -0.2) is 66.1 Å². The van der Waals surface area contributed by atoms with Crippen LogP contribution in [0, 0.1) is 0 Å². The third-order valence-corrected chi connectivity index (χ3v) is 9.20. The molecule has 43 heavy (non-hydrogen) atoms. The summed E-state index contributed by atoms with van der Waals surface area (Å²) >= 11 is 0. The van der Waals surface area contributed by atoms with Gasteiger partial charge in [0, 0.05) is 67.8 Å². The lowest BCUT2D eigenvalue weighted by Gasteiger charge is -2.23. The van der Waals surface area contributed by atoms with Gasteiger partial charge in [0.1, 0.15) is 5.70 Å². The van der Waals surface area contributed by atoms with Gasteiger partial charge in [-0.25, -0.2) is 0 Å². The van der Waals surface area contributed by atoms with E-state index in [4.69, 9.17) is 0 Å². The van der Waals surface area contributed by atoms with Crippen molar-refractivity contribution in [1.82, 2.24) is 9.80 Å². The first kappa shape index (κ1) is 30.9. The minimum atomic E-state index is -0.309. The van der Waals surface area contributed by atoms with Gasteiger partial charge in [-0.3, -0.25) is 14.6 Å². The molecule has 2 aromatic carbocycles. The molecule has 0 spiro atoms. The van der Waals surface area contributed by atoms with Crippen molar-refractivity contribution in [2.45, 2.75) is 85.2 Å². The number of fused-ring (bicyclic) bond motifs is 2. The fourth-order valence-corrected chi connectivity index (χ4v) is 6.39. The van der Waals surface area contributed by atoms with Gasteiger partial charge in [0.15, 0.2) is 0 Å². The van der Waals surface area contributed by atoms with E-state index in [0.717, 1.165) is 68.8 Å². The molecule has 5 rings (SSSR count). The Morgan fingerprint density at radius 1 is 0.744 bits per heavy atom. The van der Waals surface area contributed by atoms with Crippen LogP contribution in [0.5, 0.6) is 0 Å². The molecule has 2 aromatic rings. The van der Waals surface area contributed by atoms with E-state index in [-0.39, 0.29) is 17.5 Å². The molecule has 7 heteroatoms. The van der Waals surface area contributed by atoms with E-state index in [1.807, 2.05) is 19.1 Å². The number of aliphatic imine (C=N–C) groups is 1. The number of hydrogen-bond donors (Lipinski definition) is 2. The third-order valence-electron chi connectivity index (χ3n) is 9.20. The van der Waals surface area contributed by atoms with Crippen molar-refractivity contribution < 1.29 is 9.59 Å². The molecule has 0 fully saturated rings. The molecular weight excluding hydrogens is 534 g/mol. The van der Waals surface area contributed by atoms with Gasteiger partial charge in [-0.15, -0.1) is 0 Å². The SMILES string of the molecule is CCC1=C(C(=O)Nc2ccc3c(c2)CCN(C(C)C)CC3)C=C(C(=O)Nc2ccc3c(c2)CCN(C(C)C)CC3)N=CC1. The zero-order valence-electron chi connectivity index (χ0n) is 26.5. The van der Waals surface area contributed by atoms with E-state index >= 15 is 0 Å². The molecule has 0 bridgehead atoms. The second kappa shape index (κ2) is 13.8. The maximum Gasteiger partial charge on any atom is 0.274 e. The standard InChI is InChI=1S/C36H47N5O2/c1-6-26-11-16-37-34(36(43)39-32-10-8-28-13-18-41(25(4)5)20-15-30(28)22-32)23-33(26)35(42)38-31-9-7-27-12-17-40(24(2)3)19-14-29(27)21-31/h7-10,16,21-25H,6,11-15,17-20H2,1-5H3,(H,38,42)(H,39,43). The van der Waals surface area contributed by atoms with Gasteiger partial charge in [0.25, 0.3) is 11.8 Å². The minimum Gasteiger partial charge on any atom is -0.322 e. The Morgan fingerprint density at radius 2 is 1.23 bits per heavy atom. The first-order valence-electron chi connectivity index (χ1n) is 16.0. The highest BCUT2D eigenvalue weighted by Gasteiger charge is 2.22. The number of anilines is 2. The number of carbonyl (C=O) groups is 2. The van der Waals surface area contributed by atoms with Gasteiger partial charge in [-0.05, 0) is 112 Å². The van der Waals surface area contributed by atoms with Crippen LogP contribution >= 0.6 is 0 Å². The Labute approximate surface area is 257 Å². The van der Waals surface area contributed by atoms with Gasteiger partial charge in [-0.1, -0.05) is 24.6 Å². The largest absolute Gasteiger partial charge is 0.322 e. The van der Waals surface area contributed by atoms with E-state index in [1.54, 1.807) is 12.3 Å². The highest BCUT2D eigenvalue weighted by Crippen LogP contribution is 2.26. The quantitative estimate of drug-likeness (QED) is 0.424. The topological polar surface area (TPSA) is 77.0 Å². The summed E-state index contributed by atoms with van der Waals surface area (Å²) in [6, 6.07) is 13.5.